The van der Waals surface area contributed by atoms with Gasteiger partial charge in [0, 0.05) is 17.3 Å². The number of aliphatic carboxylic acids is 1. The predicted molar refractivity (Wildman–Crippen MR) is 79.1 cm³/mol. The van der Waals surface area contributed by atoms with Gasteiger partial charge in [-0.25, -0.2) is 4.79 Å². The molecule has 0 aliphatic heterocycles. The number of anilines is 1. The number of carbonyl (C=O) groups excluding carboxylic acids is 1. The highest BCUT2D eigenvalue weighted by molar-refractivity contribution is 6.30. The lowest BCUT2D eigenvalue weighted by molar-refractivity contribution is -0.142. The molecule has 0 aliphatic rings. The van der Waals surface area contributed by atoms with E-state index in [1.165, 1.54) is 0 Å². The first kappa shape index (κ1) is 16.3. The summed E-state index contributed by atoms with van der Waals surface area (Å²) in [5.74, 6) is -1.21. The number of rotatable bonds is 6. The molecule has 3 N–H and O–H groups in total. The molecule has 110 valence electrons. The van der Waals surface area contributed by atoms with Gasteiger partial charge in [-0.15, -0.1) is 0 Å². The minimum absolute atomic E-state index is 0.104. The Morgan fingerprint density at radius 3 is 2.35 bits per heavy atom. The van der Waals surface area contributed by atoms with Gasteiger partial charge in [-0.2, -0.15) is 0 Å². The van der Waals surface area contributed by atoms with Crippen LogP contribution in [-0.4, -0.2) is 23.7 Å². The van der Waals surface area contributed by atoms with E-state index in [1.807, 2.05) is 13.8 Å². The van der Waals surface area contributed by atoms with E-state index in [9.17, 15) is 9.59 Å². The Kier molecular flexibility index (Phi) is 6.31. The summed E-state index contributed by atoms with van der Waals surface area (Å²) < 4.78 is 0. The minimum Gasteiger partial charge on any atom is -0.481 e. The zero-order valence-corrected chi connectivity index (χ0v) is 12.3. The monoisotopic (exact) mass is 298 g/mol. The second-order valence-corrected chi connectivity index (χ2v) is 5.44. The Morgan fingerprint density at radius 2 is 1.85 bits per heavy atom. The summed E-state index contributed by atoms with van der Waals surface area (Å²) in [6, 6.07) is 6.24. The zero-order valence-electron chi connectivity index (χ0n) is 11.5. The number of amides is 2. The maximum atomic E-state index is 11.7. The van der Waals surface area contributed by atoms with E-state index in [1.54, 1.807) is 24.3 Å². The van der Waals surface area contributed by atoms with E-state index < -0.39 is 17.9 Å². The van der Waals surface area contributed by atoms with Gasteiger partial charge in [0.15, 0.2) is 0 Å². The van der Waals surface area contributed by atoms with Gasteiger partial charge in [-0.1, -0.05) is 25.4 Å². The lowest BCUT2D eigenvalue weighted by Crippen LogP contribution is -2.36. The number of nitrogens with one attached hydrogen (secondary N) is 2. The Bertz CT molecular complexity index is 460. The van der Waals surface area contributed by atoms with Gasteiger partial charge in [0.1, 0.15) is 0 Å². The topological polar surface area (TPSA) is 78.4 Å². The summed E-state index contributed by atoms with van der Waals surface area (Å²) in [4.78, 5) is 22.7. The zero-order chi connectivity index (χ0) is 15.1. The van der Waals surface area contributed by atoms with Crippen molar-refractivity contribution >= 4 is 29.3 Å². The van der Waals surface area contributed by atoms with Crippen LogP contribution in [0.2, 0.25) is 5.02 Å². The molecule has 1 rings (SSSR count). The van der Waals surface area contributed by atoms with E-state index in [0.717, 1.165) is 0 Å². The van der Waals surface area contributed by atoms with Crippen molar-refractivity contribution in [1.29, 1.82) is 0 Å². The lowest BCUT2D eigenvalue weighted by Gasteiger charge is -2.15. The van der Waals surface area contributed by atoms with Crippen molar-refractivity contribution in [3.8, 4) is 0 Å². The van der Waals surface area contributed by atoms with Gasteiger partial charge in [0.05, 0.1) is 5.92 Å². The highest BCUT2D eigenvalue weighted by Crippen LogP contribution is 2.14. The molecule has 5 nitrogen and oxygen atoms in total. The molecular formula is C14H19ClN2O3. The van der Waals surface area contributed by atoms with Crippen LogP contribution in [0.5, 0.6) is 0 Å². The second kappa shape index (κ2) is 7.75. The molecule has 2 amide bonds. The molecule has 0 radical (unpaired) electrons. The number of halogens is 1. The highest BCUT2D eigenvalue weighted by Gasteiger charge is 2.19. The van der Waals surface area contributed by atoms with Crippen LogP contribution in [0.3, 0.4) is 0 Å². The number of carboxylic acids is 1. The quantitative estimate of drug-likeness (QED) is 0.754. The highest BCUT2D eigenvalue weighted by atomic mass is 35.5. The molecule has 0 aromatic heterocycles. The molecule has 0 saturated carbocycles. The molecule has 0 fully saturated rings. The summed E-state index contributed by atoms with van der Waals surface area (Å²) in [6.45, 7) is 4.00. The first-order valence-corrected chi connectivity index (χ1v) is 6.79. The molecule has 0 spiro atoms. The Labute approximate surface area is 123 Å². The molecule has 20 heavy (non-hydrogen) atoms. The van der Waals surface area contributed by atoms with Crippen LogP contribution in [0.4, 0.5) is 10.5 Å². The lowest BCUT2D eigenvalue weighted by atomic mass is 9.97. The van der Waals surface area contributed by atoms with Gasteiger partial charge in [-0.05, 0) is 36.6 Å². The van der Waals surface area contributed by atoms with Gasteiger partial charge >= 0.3 is 12.0 Å². The van der Waals surface area contributed by atoms with Crippen molar-refractivity contribution in [1.82, 2.24) is 5.32 Å². The fraction of sp³-hybridized carbons (Fsp3) is 0.429. The van der Waals surface area contributed by atoms with E-state index in [-0.39, 0.29) is 12.5 Å². The van der Waals surface area contributed by atoms with E-state index in [2.05, 4.69) is 10.6 Å². The normalized spacial score (nSPS) is 12.0. The summed E-state index contributed by atoms with van der Waals surface area (Å²) >= 11 is 5.74. The average molecular weight is 299 g/mol. The van der Waals surface area contributed by atoms with Crippen molar-refractivity contribution in [2.45, 2.75) is 20.3 Å². The molecule has 1 aromatic rings. The first-order chi connectivity index (χ1) is 9.38. The van der Waals surface area contributed by atoms with Gasteiger partial charge in [0.2, 0.25) is 0 Å². The maximum Gasteiger partial charge on any atom is 0.319 e. The van der Waals surface area contributed by atoms with E-state index in [4.69, 9.17) is 16.7 Å². The molecule has 6 heteroatoms. The molecule has 0 bridgehead atoms. The summed E-state index contributed by atoms with van der Waals surface area (Å²) in [6.07, 6.45) is 0.524. The van der Waals surface area contributed by atoms with E-state index in [0.29, 0.717) is 17.1 Å². The third-order valence-corrected chi connectivity index (χ3v) is 2.97. The number of hydrogen-bond acceptors (Lipinski definition) is 2. The molecule has 1 unspecified atom stereocenters. The summed E-state index contributed by atoms with van der Waals surface area (Å²) in [5, 5.41) is 14.8. The van der Waals surface area contributed by atoms with Crippen LogP contribution < -0.4 is 10.6 Å². The molecule has 1 aromatic carbocycles. The van der Waals surface area contributed by atoms with E-state index >= 15 is 0 Å². The predicted octanol–water partition coefficient (Wildman–Crippen LogP) is 3.21. The number of carbonyl (C=O) groups is 2. The van der Waals surface area contributed by atoms with Crippen molar-refractivity contribution in [2.75, 3.05) is 11.9 Å². The van der Waals surface area contributed by atoms with Crippen LogP contribution in [0, 0.1) is 11.8 Å². The van der Waals surface area contributed by atoms with Crippen molar-refractivity contribution in [3.05, 3.63) is 29.3 Å². The number of hydrogen-bond donors (Lipinski definition) is 3. The smallest absolute Gasteiger partial charge is 0.319 e. The molecule has 0 aliphatic carbocycles. The van der Waals surface area contributed by atoms with Crippen molar-refractivity contribution in [2.24, 2.45) is 11.8 Å². The van der Waals surface area contributed by atoms with Crippen LogP contribution >= 0.6 is 11.6 Å². The van der Waals surface area contributed by atoms with Gasteiger partial charge in [-0.3, -0.25) is 4.79 Å². The fourth-order valence-electron chi connectivity index (χ4n) is 1.76. The Hall–Kier alpha value is -1.75. The Balaban J connectivity index is 2.45. The third-order valence-electron chi connectivity index (χ3n) is 2.72. The largest absolute Gasteiger partial charge is 0.481 e. The van der Waals surface area contributed by atoms with Crippen LogP contribution in [0.15, 0.2) is 24.3 Å². The van der Waals surface area contributed by atoms with Gasteiger partial charge < -0.3 is 15.7 Å². The maximum absolute atomic E-state index is 11.7. The standard InChI is InChI=1S/C14H19ClN2O3/c1-9(2)7-10(13(18)19)8-16-14(20)17-12-5-3-11(15)4-6-12/h3-6,9-10H,7-8H2,1-2H3,(H,18,19)(H2,16,17,20). The second-order valence-electron chi connectivity index (χ2n) is 5.01. The van der Waals surface area contributed by atoms with Crippen molar-refractivity contribution in [3.63, 3.8) is 0 Å². The minimum atomic E-state index is -0.898. The SMILES string of the molecule is CC(C)CC(CNC(=O)Nc1ccc(Cl)cc1)C(=O)O. The van der Waals surface area contributed by atoms with Crippen LogP contribution in [0.25, 0.3) is 0 Å². The number of urea groups is 1. The van der Waals surface area contributed by atoms with Gasteiger partial charge in [0.25, 0.3) is 0 Å². The molecule has 1 atom stereocenters. The molecule has 0 saturated heterocycles. The molecule has 0 heterocycles. The molecular weight excluding hydrogens is 280 g/mol. The Morgan fingerprint density at radius 1 is 1.25 bits per heavy atom. The summed E-state index contributed by atoms with van der Waals surface area (Å²) in [5.41, 5.74) is 0.600. The fourth-order valence-corrected chi connectivity index (χ4v) is 1.89. The number of benzene rings is 1. The third kappa shape index (κ3) is 5.93. The van der Waals surface area contributed by atoms with Crippen LogP contribution in [0.1, 0.15) is 20.3 Å². The van der Waals surface area contributed by atoms with Crippen LogP contribution in [-0.2, 0) is 4.79 Å². The first-order valence-electron chi connectivity index (χ1n) is 6.41. The van der Waals surface area contributed by atoms with Crippen molar-refractivity contribution < 1.29 is 14.7 Å². The average Bonchev–Trinajstić information content (AvgIpc) is 2.36. The number of carboxylic acid groups (broad SMARTS) is 1. The summed E-state index contributed by atoms with van der Waals surface area (Å²) in [7, 11) is 0.